The molecule has 1 aromatic carbocycles. The highest BCUT2D eigenvalue weighted by Crippen LogP contribution is 2.29. The Balaban J connectivity index is 2.74. The lowest BCUT2D eigenvalue weighted by Gasteiger charge is -1.98. The molecule has 1 aromatic heterocycles. The van der Waals surface area contributed by atoms with Crippen LogP contribution in [-0.2, 0) is 0 Å². The van der Waals surface area contributed by atoms with Crippen LogP contribution in [0.4, 0.5) is 0 Å². The maximum Gasteiger partial charge on any atom is 0.195 e. The second-order valence-electron chi connectivity index (χ2n) is 2.77. The van der Waals surface area contributed by atoms with E-state index in [1.165, 1.54) is 0 Å². The number of nitrogens with one attached hydrogen (secondary N) is 1. The smallest absolute Gasteiger partial charge is 0.195 e. The summed E-state index contributed by atoms with van der Waals surface area (Å²) in [6, 6.07) is 7.34. The van der Waals surface area contributed by atoms with Gasteiger partial charge < -0.3 is 15.2 Å². The first-order chi connectivity index (χ1) is 6.20. The fourth-order valence-electron chi connectivity index (χ4n) is 1.31. The number of aromatic amines is 1. The molecule has 0 spiro atoms. The van der Waals surface area contributed by atoms with Crippen LogP contribution >= 0.6 is 11.6 Å². The zero-order chi connectivity index (χ0) is 9.42. The molecule has 68 valence electrons. The third kappa shape index (κ3) is 1.31. The molecular formula is C9H8ClNO2. The zero-order valence-corrected chi connectivity index (χ0v) is 7.42. The molecule has 0 radical (unpaired) electrons. The Bertz CT molecular complexity index is 436. The Kier molecular flexibility index (Phi) is 2.00. The Morgan fingerprint density at radius 3 is 2.54 bits per heavy atom. The standard InChI is InChI=1S/C9H8ClNO2/c10-7-5-3-1-2-4-6(5)11-8(7)9(12)13/h1-4,9,11-13H. The number of aromatic nitrogens is 1. The van der Waals surface area contributed by atoms with Crippen molar-refractivity contribution in [3.05, 3.63) is 35.0 Å². The highest BCUT2D eigenvalue weighted by molar-refractivity contribution is 6.36. The molecule has 13 heavy (non-hydrogen) atoms. The molecule has 0 amide bonds. The van der Waals surface area contributed by atoms with Gasteiger partial charge in [-0.25, -0.2) is 0 Å². The molecule has 0 fully saturated rings. The second kappa shape index (κ2) is 3.03. The lowest BCUT2D eigenvalue weighted by Crippen LogP contribution is -1.94. The van der Waals surface area contributed by atoms with Gasteiger partial charge in [-0.2, -0.15) is 0 Å². The summed E-state index contributed by atoms with van der Waals surface area (Å²) in [5.41, 5.74) is 1.04. The predicted molar refractivity (Wildman–Crippen MR) is 50.5 cm³/mol. The Labute approximate surface area is 79.6 Å². The summed E-state index contributed by atoms with van der Waals surface area (Å²) in [4.78, 5) is 2.83. The van der Waals surface area contributed by atoms with E-state index in [-0.39, 0.29) is 5.69 Å². The maximum atomic E-state index is 8.95. The lowest BCUT2D eigenvalue weighted by atomic mass is 10.2. The first-order valence-electron chi connectivity index (χ1n) is 3.82. The van der Waals surface area contributed by atoms with E-state index < -0.39 is 6.29 Å². The van der Waals surface area contributed by atoms with Gasteiger partial charge in [-0.05, 0) is 6.07 Å². The summed E-state index contributed by atoms with van der Waals surface area (Å²) in [5, 5.41) is 19.1. The van der Waals surface area contributed by atoms with Gasteiger partial charge in [0.25, 0.3) is 0 Å². The average Bonchev–Trinajstić information content (AvgIpc) is 2.45. The number of fused-ring (bicyclic) bond motifs is 1. The summed E-state index contributed by atoms with van der Waals surface area (Å²) in [6.07, 6.45) is -1.56. The van der Waals surface area contributed by atoms with Crippen molar-refractivity contribution in [1.82, 2.24) is 4.98 Å². The van der Waals surface area contributed by atoms with Crippen molar-refractivity contribution in [3.8, 4) is 0 Å². The molecule has 0 unspecified atom stereocenters. The number of rotatable bonds is 1. The summed E-state index contributed by atoms with van der Waals surface area (Å²) in [6.45, 7) is 0. The topological polar surface area (TPSA) is 56.2 Å². The van der Waals surface area contributed by atoms with Crippen LogP contribution < -0.4 is 0 Å². The van der Waals surface area contributed by atoms with Gasteiger partial charge in [0, 0.05) is 10.9 Å². The van der Waals surface area contributed by atoms with Gasteiger partial charge in [0.2, 0.25) is 0 Å². The van der Waals surface area contributed by atoms with Gasteiger partial charge in [-0.1, -0.05) is 29.8 Å². The van der Waals surface area contributed by atoms with Crippen molar-refractivity contribution >= 4 is 22.5 Å². The van der Waals surface area contributed by atoms with E-state index in [2.05, 4.69) is 4.98 Å². The molecule has 2 aromatic rings. The molecule has 0 saturated heterocycles. The zero-order valence-electron chi connectivity index (χ0n) is 6.66. The van der Waals surface area contributed by atoms with Crippen LogP contribution in [0.3, 0.4) is 0 Å². The third-order valence-electron chi connectivity index (χ3n) is 1.93. The summed E-state index contributed by atoms with van der Waals surface area (Å²) in [5.74, 6) is 0. The van der Waals surface area contributed by atoms with Gasteiger partial charge in [0.1, 0.15) is 0 Å². The normalized spacial score (nSPS) is 11.4. The van der Waals surface area contributed by atoms with Crippen LogP contribution in [0.5, 0.6) is 0 Å². The van der Waals surface area contributed by atoms with Crippen molar-refractivity contribution in [2.24, 2.45) is 0 Å². The molecule has 0 aliphatic heterocycles. The van der Waals surface area contributed by atoms with Crippen molar-refractivity contribution in [2.45, 2.75) is 6.29 Å². The van der Waals surface area contributed by atoms with Crippen LogP contribution in [0.2, 0.25) is 5.02 Å². The molecule has 3 nitrogen and oxygen atoms in total. The molecule has 0 aliphatic carbocycles. The Morgan fingerprint density at radius 2 is 1.92 bits per heavy atom. The molecule has 4 heteroatoms. The molecule has 0 atom stereocenters. The van der Waals surface area contributed by atoms with Gasteiger partial charge in [0.05, 0.1) is 10.7 Å². The molecule has 1 heterocycles. The summed E-state index contributed by atoms with van der Waals surface area (Å²) in [7, 11) is 0. The minimum Gasteiger partial charge on any atom is -0.363 e. The molecule has 3 N–H and O–H groups in total. The number of hydrogen-bond donors (Lipinski definition) is 3. The molecule has 0 bridgehead atoms. The average molecular weight is 198 g/mol. The first kappa shape index (κ1) is 8.56. The van der Waals surface area contributed by atoms with Crippen LogP contribution in [0.25, 0.3) is 10.9 Å². The third-order valence-corrected chi connectivity index (χ3v) is 2.33. The van der Waals surface area contributed by atoms with E-state index in [1.807, 2.05) is 24.3 Å². The van der Waals surface area contributed by atoms with Crippen molar-refractivity contribution in [2.75, 3.05) is 0 Å². The van der Waals surface area contributed by atoms with Crippen molar-refractivity contribution < 1.29 is 10.2 Å². The lowest BCUT2D eigenvalue weighted by molar-refractivity contribution is -0.0452. The van der Waals surface area contributed by atoms with Crippen LogP contribution in [0.15, 0.2) is 24.3 Å². The van der Waals surface area contributed by atoms with Gasteiger partial charge in [0.15, 0.2) is 6.29 Å². The van der Waals surface area contributed by atoms with E-state index in [9.17, 15) is 0 Å². The highest BCUT2D eigenvalue weighted by Gasteiger charge is 2.13. The van der Waals surface area contributed by atoms with E-state index in [0.29, 0.717) is 5.02 Å². The minimum absolute atomic E-state index is 0.239. The van der Waals surface area contributed by atoms with Crippen molar-refractivity contribution in [3.63, 3.8) is 0 Å². The van der Waals surface area contributed by atoms with E-state index in [0.717, 1.165) is 10.9 Å². The minimum atomic E-state index is -1.56. The number of aliphatic hydroxyl groups is 2. The number of halogens is 1. The second-order valence-corrected chi connectivity index (χ2v) is 3.15. The van der Waals surface area contributed by atoms with E-state index >= 15 is 0 Å². The van der Waals surface area contributed by atoms with Gasteiger partial charge in [-0.3, -0.25) is 0 Å². The fourth-order valence-corrected chi connectivity index (χ4v) is 1.62. The Morgan fingerprint density at radius 1 is 1.23 bits per heavy atom. The quantitative estimate of drug-likeness (QED) is 0.611. The summed E-state index contributed by atoms with van der Waals surface area (Å²) < 4.78 is 0. The molecule has 0 saturated carbocycles. The molecule has 0 aliphatic rings. The SMILES string of the molecule is OC(O)c1[nH]c2ccccc2c1Cl. The summed E-state index contributed by atoms with van der Waals surface area (Å²) >= 11 is 5.90. The van der Waals surface area contributed by atoms with Crippen LogP contribution in [0.1, 0.15) is 12.0 Å². The van der Waals surface area contributed by atoms with E-state index in [1.54, 1.807) is 0 Å². The first-order valence-corrected chi connectivity index (χ1v) is 4.20. The maximum absolute atomic E-state index is 8.95. The molecule has 2 rings (SSSR count). The largest absolute Gasteiger partial charge is 0.363 e. The van der Waals surface area contributed by atoms with Crippen LogP contribution in [0, 0.1) is 0 Å². The predicted octanol–water partition coefficient (Wildman–Crippen LogP) is 1.80. The number of benzene rings is 1. The van der Waals surface area contributed by atoms with E-state index in [4.69, 9.17) is 21.8 Å². The van der Waals surface area contributed by atoms with Gasteiger partial charge >= 0.3 is 0 Å². The van der Waals surface area contributed by atoms with Gasteiger partial charge in [-0.15, -0.1) is 0 Å². The number of aliphatic hydroxyl groups excluding tert-OH is 1. The molecular weight excluding hydrogens is 190 g/mol. The highest BCUT2D eigenvalue weighted by atomic mass is 35.5. The number of para-hydroxylation sites is 1. The Hall–Kier alpha value is -1.03. The van der Waals surface area contributed by atoms with Crippen LogP contribution in [-0.4, -0.2) is 15.2 Å². The fraction of sp³-hybridized carbons (Fsp3) is 0.111. The number of H-pyrrole nitrogens is 1. The number of hydrogen-bond acceptors (Lipinski definition) is 2. The van der Waals surface area contributed by atoms with Crippen molar-refractivity contribution in [1.29, 1.82) is 0 Å². The monoisotopic (exact) mass is 197 g/mol.